The van der Waals surface area contributed by atoms with Crippen LogP contribution in [0, 0.1) is 6.92 Å². The Balaban J connectivity index is 2.14. The number of aryl methyl sites for hydroxylation is 1. The molecule has 9 heteroatoms. The lowest BCUT2D eigenvalue weighted by atomic mass is 10.1. The first-order valence-electron chi connectivity index (χ1n) is 8.20. The van der Waals surface area contributed by atoms with E-state index in [1.165, 1.54) is 34.2 Å². The summed E-state index contributed by atoms with van der Waals surface area (Å²) in [4.78, 5) is 16.6. The van der Waals surface area contributed by atoms with E-state index in [9.17, 15) is 23.1 Å². The zero-order chi connectivity index (χ0) is 20.6. The molecule has 0 spiro atoms. The molecular weight excluding hydrogens is 391 g/mol. The molecule has 5 nitrogen and oxygen atoms in total. The highest BCUT2D eigenvalue weighted by Crippen LogP contribution is 2.36. The number of benzene rings is 1. The van der Waals surface area contributed by atoms with Crippen LogP contribution < -0.4 is 0 Å². The van der Waals surface area contributed by atoms with Gasteiger partial charge in [-0.1, -0.05) is 29.0 Å². The summed E-state index contributed by atoms with van der Waals surface area (Å²) in [5.74, 6) is -1.14. The highest BCUT2D eigenvalue weighted by atomic mass is 32.1. The molecule has 0 aliphatic carbocycles. The standard InChI is InChI=1S/C19H16F3N3O2S/c1-10(2)8-14-16(12-4-6-13(7-5-12)19(20,21)22)28-18(23-14)25-15(17(26)27)9-11(3)24-25/h4-9H,1-3H3,(H,26,27). The molecule has 1 N–H and O–H groups in total. The Morgan fingerprint density at radius 3 is 2.39 bits per heavy atom. The van der Waals surface area contributed by atoms with Gasteiger partial charge in [-0.2, -0.15) is 23.0 Å². The van der Waals surface area contributed by atoms with Gasteiger partial charge in [0.2, 0.25) is 5.13 Å². The quantitative estimate of drug-likeness (QED) is 0.625. The molecule has 1 aromatic carbocycles. The van der Waals surface area contributed by atoms with E-state index in [1.807, 2.05) is 13.8 Å². The molecule has 0 atom stereocenters. The third-order valence-corrected chi connectivity index (χ3v) is 4.87. The van der Waals surface area contributed by atoms with Gasteiger partial charge in [0.15, 0.2) is 5.69 Å². The molecule has 28 heavy (non-hydrogen) atoms. The topological polar surface area (TPSA) is 68.0 Å². The van der Waals surface area contributed by atoms with Gasteiger partial charge in [0.1, 0.15) is 0 Å². The SMILES string of the molecule is CC(C)=Cc1nc(-n2nc(C)cc2C(=O)O)sc1-c1ccc(C(F)(F)F)cc1. The van der Waals surface area contributed by atoms with E-state index in [-0.39, 0.29) is 5.69 Å². The Bertz CT molecular complexity index is 1060. The van der Waals surface area contributed by atoms with Gasteiger partial charge < -0.3 is 5.11 Å². The van der Waals surface area contributed by atoms with Crippen LogP contribution in [0.2, 0.25) is 0 Å². The van der Waals surface area contributed by atoms with Crippen molar-refractivity contribution < 1.29 is 23.1 Å². The van der Waals surface area contributed by atoms with E-state index < -0.39 is 17.7 Å². The van der Waals surface area contributed by atoms with Gasteiger partial charge in [-0.3, -0.25) is 0 Å². The molecule has 3 aromatic rings. The molecule has 146 valence electrons. The van der Waals surface area contributed by atoms with Crippen LogP contribution in [0.1, 0.15) is 41.3 Å². The molecule has 0 unspecified atom stereocenters. The molecule has 3 rings (SSSR count). The van der Waals surface area contributed by atoms with Gasteiger partial charge in [0, 0.05) is 0 Å². The predicted molar refractivity (Wildman–Crippen MR) is 101 cm³/mol. The van der Waals surface area contributed by atoms with E-state index in [0.717, 1.165) is 17.7 Å². The molecule has 0 aliphatic heterocycles. The lowest BCUT2D eigenvalue weighted by molar-refractivity contribution is -0.137. The van der Waals surface area contributed by atoms with Crippen LogP contribution in [0.3, 0.4) is 0 Å². The summed E-state index contributed by atoms with van der Waals surface area (Å²) < 4.78 is 39.7. The van der Waals surface area contributed by atoms with Crippen molar-refractivity contribution in [2.45, 2.75) is 26.9 Å². The summed E-state index contributed by atoms with van der Waals surface area (Å²) in [7, 11) is 0. The maximum Gasteiger partial charge on any atom is 0.416 e. The van der Waals surface area contributed by atoms with Crippen LogP contribution in [-0.2, 0) is 6.18 Å². The number of allylic oxidation sites excluding steroid dienone is 1. The van der Waals surface area contributed by atoms with Crippen LogP contribution in [-0.4, -0.2) is 25.8 Å². The summed E-state index contributed by atoms with van der Waals surface area (Å²) >= 11 is 1.17. The molecule has 2 aromatic heterocycles. The Morgan fingerprint density at radius 2 is 1.86 bits per heavy atom. The van der Waals surface area contributed by atoms with Gasteiger partial charge >= 0.3 is 12.1 Å². The summed E-state index contributed by atoms with van der Waals surface area (Å²) in [5, 5.41) is 13.9. The average Bonchev–Trinajstić information content (AvgIpc) is 3.17. The first-order chi connectivity index (χ1) is 13.1. The summed E-state index contributed by atoms with van der Waals surface area (Å²) in [6, 6.07) is 6.23. The second-order valence-electron chi connectivity index (χ2n) is 6.40. The molecule has 0 fully saturated rings. The zero-order valence-electron chi connectivity index (χ0n) is 15.2. The minimum Gasteiger partial charge on any atom is -0.477 e. The summed E-state index contributed by atoms with van der Waals surface area (Å²) in [6.45, 7) is 5.41. The molecule has 0 amide bonds. The Morgan fingerprint density at radius 1 is 1.21 bits per heavy atom. The van der Waals surface area contributed by atoms with Gasteiger partial charge in [0.05, 0.1) is 21.8 Å². The summed E-state index contributed by atoms with van der Waals surface area (Å²) in [6.07, 6.45) is -2.62. The minimum absolute atomic E-state index is 0.0334. The lowest BCUT2D eigenvalue weighted by Gasteiger charge is -2.07. The van der Waals surface area contributed by atoms with Crippen molar-refractivity contribution in [3.63, 3.8) is 0 Å². The number of hydrogen-bond acceptors (Lipinski definition) is 4. The predicted octanol–water partition coefficient (Wildman–Crippen LogP) is 5.44. The normalized spacial score (nSPS) is 11.5. The monoisotopic (exact) mass is 407 g/mol. The Labute approximate surface area is 162 Å². The van der Waals surface area contributed by atoms with Gasteiger partial charge in [-0.05, 0) is 50.6 Å². The number of carboxylic acids is 1. The first kappa shape index (κ1) is 19.8. The number of thiazole rings is 1. The third kappa shape index (κ3) is 3.99. The fourth-order valence-corrected chi connectivity index (χ4v) is 3.61. The maximum absolute atomic E-state index is 12.8. The highest BCUT2D eigenvalue weighted by molar-refractivity contribution is 7.17. The van der Waals surface area contributed by atoms with Gasteiger partial charge in [0.25, 0.3) is 0 Å². The number of halogens is 3. The zero-order valence-corrected chi connectivity index (χ0v) is 16.0. The summed E-state index contributed by atoms with van der Waals surface area (Å²) in [5.41, 5.74) is 1.80. The van der Waals surface area contributed by atoms with Crippen molar-refractivity contribution in [2.75, 3.05) is 0 Å². The molecule has 0 saturated heterocycles. The van der Waals surface area contributed by atoms with E-state index in [4.69, 9.17) is 0 Å². The largest absolute Gasteiger partial charge is 0.477 e. The number of alkyl halides is 3. The molecule has 0 saturated carbocycles. The van der Waals surface area contributed by atoms with E-state index in [0.29, 0.717) is 27.0 Å². The second kappa shape index (κ2) is 7.23. The molecular formula is C19H16F3N3O2S. The van der Waals surface area contributed by atoms with Crippen LogP contribution in [0.25, 0.3) is 21.6 Å². The lowest BCUT2D eigenvalue weighted by Crippen LogP contribution is -2.07. The highest BCUT2D eigenvalue weighted by Gasteiger charge is 2.30. The van der Waals surface area contributed by atoms with Crippen LogP contribution in [0.4, 0.5) is 13.2 Å². The smallest absolute Gasteiger partial charge is 0.416 e. The van der Waals surface area contributed by atoms with Crippen molar-refractivity contribution in [2.24, 2.45) is 0 Å². The number of hydrogen-bond donors (Lipinski definition) is 1. The van der Waals surface area contributed by atoms with Crippen molar-refractivity contribution in [3.8, 4) is 15.6 Å². The number of aromatic nitrogens is 3. The van der Waals surface area contributed by atoms with Gasteiger partial charge in [-0.15, -0.1) is 0 Å². The fraction of sp³-hybridized carbons (Fsp3) is 0.211. The number of aromatic carboxylic acids is 1. The maximum atomic E-state index is 12.8. The van der Waals surface area contributed by atoms with Crippen molar-refractivity contribution in [1.29, 1.82) is 0 Å². The Hall–Kier alpha value is -2.94. The average molecular weight is 407 g/mol. The Kier molecular flexibility index (Phi) is 5.12. The van der Waals surface area contributed by atoms with Crippen LogP contribution in [0.5, 0.6) is 0 Å². The van der Waals surface area contributed by atoms with E-state index in [2.05, 4.69) is 10.1 Å². The number of carboxylic acid groups (broad SMARTS) is 1. The minimum atomic E-state index is -4.41. The van der Waals surface area contributed by atoms with Crippen molar-refractivity contribution >= 4 is 23.4 Å². The molecule has 0 radical (unpaired) electrons. The van der Waals surface area contributed by atoms with Crippen molar-refractivity contribution in [1.82, 2.24) is 14.8 Å². The van der Waals surface area contributed by atoms with E-state index >= 15 is 0 Å². The first-order valence-corrected chi connectivity index (χ1v) is 9.01. The van der Waals surface area contributed by atoms with Crippen molar-refractivity contribution in [3.05, 3.63) is 58.6 Å². The molecule has 0 bridgehead atoms. The van der Waals surface area contributed by atoms with Gasteiger partial charge in [-0.25, -0.2) is 9.78 Å². The van der Waals surface area contributed by atoms with E-state index in [1.54, 1.807) is 13.0 Å². The van der Waals surface area contributed by atoms with Crippen LogP contribution >= 0.6 is 11.3 Å². The van der Waals surface area contributed by atoms with Crippen LogP contribution in [0.15, 0.2) is 35.9 Å². The number of nitrogens with zero attached hydrogens (tertiary/aromatic N) is 3. The third-order valence-electron chi connectivity index (χ3n) is 3.77. The second-order valence-corrected chi connectivity index (χ2v) is 7.37. The fourth-order valence-electron chi connectivity index (χ4n) is 2.60. The number of carbonyl (C=O) groups is 1. The molecule has 0 aliphatic rings. The molecule has 2 heterocycles. The number of rotatable bonds is 4.